The van der Waals surface area contributed by atoms with Gasteiger partial charge in [-0.2, -0.15) is 0 Å². The summed E-state index contributed by atoms with van der Waals surface area (Å²) in [7, 11) is 6.52. The van der Waals surface area contributed by atoms with Crippen molar-refractivity contribution in [2.24, 2.45) is 0 Å². The van der Waals surface area contributed by atoms with E-state index < -0.39 is 0 Å². The van der Waals surface area contributed by atoms with Gasteiger partial charge in [0.05, 0.1) is 6.61 Å². The summed E-state index contributed by atoms with van der Waals surface area (Å²) in [5.41, 5.74) is 0.998. The molecule has 10 heavy (non-hydrogen) atoms. The molecule has 0 aliphatic carbocycles. The lowest BCUT2D eigenvalue weighted by molar-refractivity contribution is 0.228. The van der Waals surface area contributed by atoms with Crippen molar-refractivity contribution >= 4 is 15.9 Å². The van der Waals surface area contributed by atoms with E-state index in [1.54, 1.807) is 0 Å². The fourth-order valence-electron chi connectivity index (χ4n) is 0.693. The quantitative estimate of drug-likeness (QED) is 0.709. The van der Waals surface area contributed by atoms with Crippen LogP contribution in [0.5, 0.6) is 0 Å². The van der Waals surface area contributed by atoms with Crippen LogP contribution in [-0.4, -0.2) is 0 Å². The third kappa shape index (κ3) is 1.82. The van der Waals surface area contributed by atoms with Gasteiger partial charge in [0.15, 0.2) is 7.11 Å². The van der Waals surface area contributed by atoms with Crippen molar-refractivity contribution in [1.29, 1.82) is 0 Å². The summed E-state index contributed by atoms with van der Waals surface area (Å²) in [4.78, 5) is 0. The van der Waals surface area contributed by atoms with Crippen molar-refractivity contribution in [3.63, 3.8) is 0 Å². The van der Waals surface area contributed by atoms with Crippen LogP contribution in [0.3, 0.4) is 0 Å². The summed E-state index contributed by atoms with van der Waals surface area (Å²) in [6.07, 6.45) is 0. The van der Waals surface area contributed by atoms with E-state index in [1.807, 2.05) is 24.3 Å². The highest BCUT2D eigenvalue weighted by Gasteiger charge is 1.94. The van der Waals surface area contributed by atoms with Crippen molar-refractivity contribution in [2.45, 2.75) is 6.61 Å². The van der Waals surface area contributed by atoms with Crippen LogP contribution in [0.15, 0.2) is 28.7 Å². The Morgan fingerprint density at radius 3 is 2.70 bits per heavy atom. The minimum atomic E-state index is 0.335. The van der Waals surface area contributed by atoms with Crippen LogP contribution in [0.25, 0.3) is 0 Å². The lowest BCUT2D eigenvalue weighted by Crippen LogP contribution is -1.85. The highest BCUT2D eigenvalue weighted by Crippen LogP contribution is 2.15. The van der Waals surface area contributed by atoms with Gasteiger partial charge in [0, 0.05) is 4.47 Å². The fourth-order valence-corrected chi connectivity index (χ4v) is 1.09. The van der Waals surface area contributed by atoms with Gasteiger partial charge in [0.1, 0.15) is 0 Å². The maximum atomic E-state index is 6.52. The summed E-state index contributed by atoms with van der Waals surface area (Å²) < 4.78 is 5.22. The minimum Gasteiger partial charge on any atom is -0.360 e. The molecule has 51 valence electrons. The Kier molecular flexibility index (Phi) is 2.90. The molecule has 0 aliphatic heterocycles. The van der Waals surface area contributed by atoms with E-state index in [0.717, 1.165) is 10.0 Å². The van der Waals surface area contributed by atoms with Crippen LogP contribution in [0.2, 0.25) is 0 Å². The van der Waals surface area contributed by atoms with Crippen LogP contribution in [0.1, 0.15) is 5.56 Å². The topological polar surface area (TPSA) is 9.23 Å². The van der Waals surface area contributed by atoms with Gasteiger partial charge in [-0.25, -0.2) is 0 Å². The fraction of sp³-hybridized carbons (Fsp3) is 0.125. The van der Waals surface area contributed by atoms with Crippen LogP contribution in [0, 0.1) is 7.11 Å². The number of ether oxygens (including phenoxy) is 1. The van der Waals surface area contributed by atoms with Crippen LogP contribution in [-0.2, 0) is 11.3 Å². The van der Waals surface area contributed by atoms with Gasteiger partial charge in [0.2, 0.25) is 0 Å². The van der Waals surface area contributed by atoms with Crippen molar-refractivity contribution in [1.82, 2.24) is 0 Å². The van der Waals surface area contributed by atoms with Gasteiger partial charge < -0.3 is 4.74 Å². The van der Waals surface area contributed by atoms with E-state index in [2.05, 4.69) is 20.7 Å². The predicted molar refractivity (Wildman–Crippen MR) is 42.2 cm³/mol. The zero-order chi connectivity index (χ0) is 7.40. The Bertz CT molecular complexity index is 210. The first-order valence-electron chi connectivity index (χ1n) is 2.86. The van der Waals surface area contributed by atoms with Crippen LogP contribution >= 0.6 is 15.9 Å². The molecule has 0 aliphatic rings. The Morgan fingerprint density at radius 1 is 1.40 bits per heavy atom. The maximum Gasteiger partial charge on any atom is 0.174 e. The molecule has 0 unspecified atom stereocenters. The number of halogens is 1. The van der Waals surface area contributed by atoms with Crippen molar-refractivity contribution in [3.05, 3.63) is 41.4 Å². The molecule has 1 rings (SSSR count). The first-order valence-corrected chi connectivity index (χ1v) is 3.66. The third-order valence-corrected chi connectivity index (χ3v) is 1.96. The second-order valence-corrected chi connectivity index (χ2v) is 2.73. The van der Waals surface area contributed by atoms with Gasteiger partial charge >= 0.3 is 0 Å². The minimum absolute atomic E-state index is 0.335. The third-order valence-electron chi connectivity index (χ3n) is 1.19. The Labute approximate surface area is 69.1 Å². The summed E-state index contributed by atoms with van der Waals surface area (Å²) >= 11 is 3.33. The Balaban J connectivity index is 2.81. The zero-order valence-corrected chi connectivity index (χ0v) is 6.89. The first-order chi connectivity index (χ1) is 4.84. The van der Waals surface area contributed by atoms with Crippen molar-refractivity contribution < 1.29 is 4.74 Å². The lowest BCUT2D eigenvalue weighted by Gasteiger charge is -1.99. The number of hydrogen-bond donors (Lipinski definition) is 0. The number of rotatable bonds is 2. The van der Waals surface area contributed by atoms with E-state index in [9.17, 15) is 0 Å². The Morgan fingerprint density at radius 2 is 2.10 bits per heavy atom. The average molecular weight is 198 g/mol. The largest absolute Gasteiger partial charge is 0.360 e. The summed E-state index contributed by atoms with van der Waals surface area (Å²) in [5.74, 6) is 0. The van der Waals surface area contributed by atoms with Gasteiger partial charge in [-0.15, -0.1) is 0 Å². The lowest BCUT2D eigenvalue weighted by atomic mass is 10.2. The molecule has 0 spiro atoms. The molecule has 0 N–H and O–H groups in total. The summed E-state index contributed by atoms with van der Waals surface area (Å²) in [6.45, 7) is 0.335. The molecule has 1 aromatic carbocycles. The molecule has 0 fully saturated rings. The van der Waals surface area contributed by atoms with Gasteiger partial charge in [-0.1, -0.05) is 34.1 Å². The van der Waals surface area contributed by atoms with E-state index in [4.69, 9.17) is 7.11 Å². The van der Waals surface area contributed by atoms with E-state index in [1.165, 1.54) is 0 Å². The number of hydrogen-bond acceptors (Lipinski definition) is 1. The summed E-state index contributed by atoms with van der Waals surface area (Å²) in [5, 5.41) is 0. The molecule has 1 nitrogen and oxygen atoms in total. The van der Waals surface area contributed by atoms with Gasteiger partial charge in [0.25, 0.3) is 0 Å². The van der Waals surface area contributed by atoms with Crippen LogP contribution < -0.4 is 0 Å². The van der Waals surface area contributed by atoms with Crippen molar-refractivity contribution in [3.8, 4) is 0 Å². The molecule has 1 aromatic rings. The smallest absolute Gasteiger partial charge is 0.174 e. The average Bonchev–Trinajstić information content (AvgIpc) is 1.94. The molecule has 2 heteroatoms. The molecule has 0 aromatic heterocycles. The Hall–Kier alpha value is -0.340. The monoisotopic (exact) mass is 197 g/mol. The first kappa shape index (κ1) is 7.76. The molecular formula is C8H6BrO. The van der Waals surface area contributed by atoms with E-state index in [-0.39, 0.29) is 0 Å². The molecule has 0 saturated heterocycles. The SMILES string of the molecule is [C]OCc1ccccc1Br. The van der Waals surface area contributed by atoms with E-state index >= 15 is 0 Å². The zero-order valence-electron chi connectivity index (χ0n) is 5.30. The normalized spacial score (nSPS) is 9.80. The van der Waals surface area contributed by atoms with Gasteiger partial charge in [-0.3, -0.25) is 0 Å². The predicted octanol–water partition coefficient (Wildman–Crippen LogP) is 2.51. The standard InChI is InChI=1S/C8H6BrO/c1-10-6-7-4-2-3-5-8(7)9/h2-5H,6H2. The van der Waals surface area contributed by atoms with E-state index in [0.29, 0.717) is 6.61 Å². The highest BCUT2D eigenvalue weighted by atomic mass is 79.9. The van der Waals surface area contributed by atoms with Crippen LogP contribution in [0.4, 0.5) is 0 Å². The number of benzene rings is 1. The molecule has 0 amide bonds. The second-order valence-electron chi connectivity index (χ2n) is 1.88. The maximum absolute atomic E-state index is 6.52. The molecule has 0 bridgehead atoms. The summed E-state index contributed by atoms with van der Waals surface area (Å²) in [6, 6.07) is 7.68. The molecule has 3 radical (unpaired) electrons. The van der Waals surface area contributed by atoms with Gasteiger partial charge in [-0.05, 0) is 11.6 Å². The second kappa shape index (κ2) is 3.74. The molecule has 0 saturated carbocycles. The van der Waals surface area contributed by atoms with Crippen molar-refractivity contribution in [2.75, 3.05) is 0 Å². The highest BCUT2D eigenvalue weighted by molar-refractivity contribution is 9.10. The molecule has 0 heterocycles. The molecular weight excluding hydrogens is 192 g/mol. The molecule has 0 atom stereocenters.